The number of nitrogen functional groups attached to an aromatic ring is 1. The molecule has 1 unspecified atom stereocenters. The number of benzene rings is 1. The van der Waals surface area contributed by atoms with Gasteiger partial charge in [-0.05, 0) is 43.5 Å². The van der Waals surface area contributed by atoms with Crippen LogP contribution in [0.4, 0.5) is 29.0 Å². The number of hydrogen-bond acceptors (Lipinski definition) is 7. The highest BCUT2D eigenvalue weighted by molar-refractivity contribution is 6.05. The molecule has 1 atom stereocenters. The normalized spacial score (nSPS) is 18.0. The van der Waals surface area contributed by atoms with Crippen LogP contribution >= 0.6 is 0 Å². The Morgan fingerprint density at radius 1 is 1.06 bits per heavy atom. The first-order valence-corrected chi connectivity index (χ1v) is 10.3. The van der Waals surface area contributed by atoms with E-state index in [9.17, 15) is 14.4 Å². The van der Waals surface area contributed by atoms with Crippen molar-refractivity contribution in [2.45, 2.75) is 38.5 Å². The van der Waals surface area contributed by atoms with Gasteiger partial charge in [0.2, 0.25) is 23.7 Å². The number of carbonyl (C=O) groups is 3. The van der Waals surface area contributed by atoms with Crippen LogP contribution < -0.4 is 26.6 Å². The van der Waals surface area contributed by atoms with Gasteiger partial charge >= 0.3 is 0 Å². The maximum Gasteiger partial charge on any atom is 0.232 e. The lowest BCUT2D eigenvalue weighted by Crippen LogP contribution is -2.35. The van der Waals surface area contributed by atoms with Gasteiger partial charge in [-0.2, -0.15) is 9.97 Å². The first-order chi connectivity index (χ1) is 14.9. The van der Waals surface area contributed by atoms with Gasteiger partial charge in [0.15, 0.2) is 0 Å². The van der Waals surface area contributed by atoms with Gasteiger partial charge < -0.3 is 26.6 Å². The molecule has 3 heterocycles. The van der Waals surface area contributed by atoms with Crippen molar-refractivity contribution >= 4 is 46.7 Å². The highest BCUT2D eigenvalue weighted by Crippen LogP contribution is 2.37. The zero-order chi connectivity index (χ0) is 22.0. The molecule has 10 nitrogen and oxygen atoms in total. The van der Waals surface area contributed by atoms with Crippen molar-refractivity contribution in [3.05, 3.63) is 29.8 Å². The summed E-state index contributed by atoms with van der Waals surface area (Å²) >= 11 is 0. The van der Waals surface area contributed by atoms with E-state index in [4.69, 9.17) is 5.73 Å². The molecule has 1 fully saturated rings. The number of nitrogens with two attached hydrogens (primary N) is 1. The lowest BCUT2D eigenvalue weighted by Gasteiger charge is -2.30. The van der Waals surface area contributed by atoms with Gasteiger partial charge in [0, 0.05) is 37.8 Å². The second-order valence-corrected chi connectivity index (χ2v) is 7.77. The van der Waals surface area contributed by atoms with Crippen LogP contribution in [0.25, 0.3) is 0 Å². The minimum absolute atomic E-state index is 0.0422. The summed E-state index contributed by atoms with van der Waals surface area (Å²) in [5, 5.41) is 8.21. The van der Waals surface area contributed by atoms with Crippen LogP contribution in [0.3, 0.4) is 0 Å². The Morgan fingerprint density at radius 2 is 1.71 bits per heavy atom. The molecule has 0 aliphatic carbocycles. The number of aromatic nitrogens is 2. The summed E-state index contributed by atoms with van der Waals surface area (Å²) in [4.78, 5) is 47.4. The summed E-state index contributed by atoms with van der Waals surface area (Å²) in [7, 11) is 0. The van der Waals surface area contributed by atoms with Gasteiger partial charge in [-0.15, -0.1) is 0 Å². The fourth-order valence-electron chi connectivity index (χ4n) is 3.91. The molecule has 1 aromatic carbocycles. The number of anilines is 5. The van der Waals surface area contributed by atoms with E-state index in [1.807, 2.05) is 4.90 Å². The monoisotopic (exact) mass is 423 g/mol. The number of carbonyl (C=O) groups excluding carboxylic acids is 3. The molecule has 0 bridgehead atoms. The van der Waals surface area contributed by atoms with Crippen molar-refractivity contribution < 1.29 is 14.4 Å². The Balaban J connectivity index is 1.56. The van der Waals surface area contributed by atoms with Gasteiger partial charge in [-0.1, -0.05) is 0 Å². The molecule has 0 spiro atoms. The lowest BCUT2D eigenvalue weighted by atomic mass is 9.92. The summed E-state index contributed by atoms with van der Waals surface area (Å²) in [5.74, 6) is -0.668. The fraction of sp³-hybridized carbons (Fsp3) is 0.381. The minimum atomic E-state index is -0.797. The first-order valence-electron chi connectivity index (χ1n) is 10.3. The maximum absolute atomic E-state index is 13.0. The summed E-state index contributed by atoms with van der Waals surface area (Å²) in [6, 6.07) is 6.71. The van der Waals surface area contributed by atoms with Gasteiger partial charge in [-0.3, -0.25) is 14.4 Å². The van der Waals surface area contributed by atoms with Crippen molar-refractivity contribution in [3.8, 4) is 0 Å². The second kappa shape index (κ2) is 8.58. The zero-order valence-electron chi connectivity index (χ0n) is 17.3. The van der Waals surface area contributed by atoms with E-state index in [2.05, 4.69) is 25.9 Å². The quantitative estimate of drug-likeness (QED) is 0.589. The van der Waals surface area contributed by atoms with Gasteiger partial charge in [0.1, 0.15) is 11.6 Å². The van der Waals surface area contributed by atoms with Crippen LogP contribution in [0.15, 0.2) is 24.3 Å². The van der Waals surface area contributed by atoms with E-state index in [-0.39, 0.29) is 30.0 Å². The predicted octanol–water partition coefficient (Wildman–Crippen LogP) is 2.07. The Morgan fingerprint density at radius 3 is 2.35 bits per heavy atom. The SMILES string of the molecule is CC(=O)Nc1ccc(NC(=O)C2CC(=O)Nc3nc(N4CCCCC4)nc(N)c32)cc1. The van der Waals surface area contributed by atoms with Crippen LogP contribution in [0.1, 0.15) is 44.1 Å². The minimum Gasteiger partial charge on any atom is -0.383 e. The largest absolute Gasteiger partial charge is 0.383 e. The lowest BCUT2D eigenvalue weighted by molar-refractivity contribution is -0.123. The average Bonchev–Trinajstić information content (AvgIpc) is 2.74. The van der Waals surface area contributed by atoms with Gasteiger partial charge in [0.25, 0.3) is 0 Å². The number of fused-ring (bicyclic) bond motifs is 1. The molecule has 2 aliphatic heterocycles. The van der Waals surface area contributed by atoms with E-state index in [1.54, 1.807) is 24.3 Å². The number of amides is 3. The Hall–Kier alpha value is -3.69. The third-order valence-electron chi connectivity index (χ3n) is 5.39. The molecule has 0 radical (unpaired) electrons. The Labute approximate surface area is 179 Å². The Kier molecular flexibility index (Phi) is 5.70. The fourth-order valence-corrected chi connectivity index (χ4v) is 3.91. The van der Waals surface area contributed by atoms with Crippen LogP contribution in [-0.2, 0) is 14.4 Å². The summed E-state index contributed by atoms with van der Waals surface area (Å²) in [6.07, 6.45) is 3.23. The third kappa shape index (κ3) is 4.57. The molecule has 0 saturated carbocycles. The van der Waals surface area contributed by atoms with E-state index in [0.29, 0.717) is 28.7 Å². The molecule has 10 heteroatoms. The third-order valence-corrected chi connectivity index (χ3v) is 5.39. The number of rotatable bonds is 4. The van der Waals surface area contributed by atoms with E-state index >= 15 is 0 Å². The highest BCUT2D eigenvalue weighted by atomic mass is 16.2. The molecule has 5 N–H and O–H groups in total. The van der Waals surface area contributed by atoms with Crippen molar-refractivity contribution in [1.82, 2.24) is 9.97 Å². The average molecular weight is 423 g/mol. The molecular formula is C21H25N7O3. The molecule has 4 rings (SSSR count). The molecule has 31 heavy (non-hydrogen) atoms. The van der Waals surface area contributed by atoms with Crippen molar-refractivity contribution in [3.63, 3.8) is 0 Å². The number of hydrogen-bond donors (Lipinski definition) is 4. The smallest absolute Gasteiger partial charge is 0.232 e. The molecule has 1 saturated heterocycles. The van der Waals surface area contributed by atoms with Crippen LogP contribution in [0.5, 0.6) is 0 Å². The van der Waals surface area contributed by atoms with E-state index in [1.165, 1.54) is 13.3 Å². The van der Waals surface area contributed by atoms with Crippen molar-refractivity contribution in [2.24, 2.45) is 0 Å². The van der Waals surface area contributed by atoms with Crippen LogP contribution in [-0.4, -0.2) is 40.8 Å². The van der Waals surface area contributed by atoms with Crippen molar-refractivity contribution in [2.75, 3.05) is 39.7 Å². The molecule has 162 valence electrons. The highest BCUT2D eigenvalue weighted by Gasteiger charge is 2.35. The predicted molar refractivity (Wildman–Crippen MR) is 118 cm³/mol. The molecule has 2 aliphatic rings. The van der Waals surface area contributed by atoms with Crippen LogP contribution in [0.2, 0.25) is 0 Å². The van der Waals surface area contributed by atoms with Gasteiger partial charge in [-0.25, -0.2) is 0 Å². The molecule has 1 aromatic heterocycles. The molecular weight excluding hydrogens is 398 g/mol. The van der Waals surface area contributed by atoms with Gasteiger partial charge in [0.05, 0.1) is 11.5 Å². The number of piperidine rings is 1. The topological polar surface area (TPSA) is 142 Å². The Bertz CT molecular complexity index is 1020. The summed E-state index contributed by atoms with van der Waals surface area (Å²) in [5.41, 5.74) is 7.83. The summed E-state index contributed by atoms with van der Waals surface area (Å²) in [6.45, 7) is 3.10. The standard InChI is InChI=1S/C21H25N7O3/c1-12(29)23-13-5-7-14(8-6-13)24-20(31)15-11-16(30)25-19-17(15)18(22)26-21(27-19)28-9-3-2-4-10-28/h5-8,15H,2-4,9-11H2,1H3,(H,23,29)(H,24,31)(H3,22,25,26,27,30). The van der Waals surface area contributed by atoms with E-state index in [0.717, 1.165) is 25.9 Å². The zero-order valence-corrected chi connectivity index (χ0v) is 17.3. The van der Waals surface area contributed by atoms with E-state index < -0.39 is 5.92 Å². The molecule has 2 aromatic rings. The first kappa shape index (κ1) is 20.6. The molecule has 3 amide bonds. The number of nitrogens with zero attached hydrogens (tertiary/aromatic N) is 3. The second-order valence-electron chi connectivity index (χ2n) is 7.77. The van der Waals surface area contributed by atoms with Crippen molar-refractivity contribution in [1.29, 1.82) is 0 Å². The van der Waals surface area contributed by atoms with Crippen LogP contribution in [0, 0.1) is 0 Å². The summed E-state index contributed by atoms with van der Waals surface area (Å²) < 4.78 is 0. The maximum atomic E-state index is 13.0. The number of nitrogens with one attached hydrogen (secondary N) is 3.